The second kappa shape index (κ2) is 4.96. The van der Waals surface area contributed by atoms with Crippen molar-refractivity contribution in [2.24, 2.45) is 0 Å². The van der Waals surface area contributed by atoms with Crippen LogP contribution in [0.5, 0.6) is 5.75 Å². The molecule has 0 aliphatic carbocycles. The molecular formula is C9H9NO4. The molecule has 1 aromatic rings. The monoisotopic (exact) mass is 195 g/mol. The van der Waals surface area contributed by atoms with Crippen LogP contribution in [0.25, 0.3) is 0 Å². The maximum absolute atomic E-state index is 10.3. The number of non-ortho nitro benzene ring substituents is 1. The highest BCUT2D eigenvalue weighted by Crippen LogP contribution is 2.17. The average molecular weight is 195 g/mol. The zero-order valence-electron chi connectivity index (χ0n) is 7.38. The predicted octanol–water partition coefficient (Wildman–Crippen LogP) is 1.56. The van der Waals surface area contributed by atoms with Crippen molar-refractivity contribution in [2.75, 3.05) is 6.61 Å². The van der Waals surface area contributed by atoms with E-state index in [1.54, 1.807) is 0 Å². The van der Waals surface area contributed by atoms with E-state index in [0.717, 1.165) is 6.29 Å². The van der Waals surface area contributed by atoms with E-state index in [9.17, 15) is 14.9 Å². The maximum Gasteiger partial charge on any atom is 0.269 e. The minimum Gasteiger partial charge on any atom is -0.493 e. The van der Waals surface area contributed by atoms with Crippen LogP contribution in [-0.4, -0.2) is 17.8 Å². The highest BCUT2D eigenvalue weighted by Gasteiger charge is 2.03. The van der Waals surface area contributed by atoms with Crippen LogP contribution < -0.4 is 4.74 Å². The fraction of sp³-hybridized carbons (Fsp3) is 0.222. The van der Waals surface area contributed by atoms with Crippen molar-refractivity contribution >= 4 is 12.0 Å². The van der Waals surface area contributed by atoms with E-state index in [1.807, 2.05) is 0 Å². The number of hydrogen-bond acceptors (Lipinski definition) is 4. The summed E-state index contributed by atoms with van der Waals surface area (Å²) >= 11 is 0. The number of nitrogens with zero attached hydrogens (tertiary/aromatic N) is 1. The molecule has 0 saturated heterocycles. The van der Waals surface area contributed by atoms with Crippen molar-refractivity contribution in [3.63, 3.8) is 0 Å². The van der Waals surface area contributed by atoms with E-state index in [0.29, 0.717) is 18.8 Å². The van der Waals surface area contributed by atoms with Crippen LogP contribution in [0.15, 0.2) is 24.3 Å². The second-order valence-corrected chi connectivity index (χ2v) is 2.55. The Morgan fingerprint density at radius 3 is 2.50 bits per heavy atom. The molecule has 0 aliphatic rings. The normalized spacial score (nSPS) is 9.43. The number of hydrogen-bond donors (Lipinski definition) is 0. The van der Waals surface area contributed by atoms with Crippen molar-refractivity contribution in [1.29, 1.82) is 0 Å². The van der Waals surface area contributed by atoms with Gasteiger partial charge in [-0.3, -0.25) is 10.1 Å². The van der Waals surface area contributed by atoms with Gasteiger partial charge in [-0.1, -0.05) is 0 Å². The van der Waals surface area contributed by atoms with Gasteiger partial charge in [0.25, 0.3) is 5.69 Å². The first-order valence-electron chi connectivity index (χ1n) is 4.05. The molecule has 1 rings (SSSR count). The van der Waals surface area contributed by atoms with Crippen molar-refractivity contribution in [1.82, 2.24) is 0 Å². The van der Waals surface area contributed by atoms with E-state index in [1.165, 1.54) is 24.3 Å². The first-order chi connectivity index (χ1) is 6.74. The van der Waals surface area contributed by atoms with E-state index >= 15 is 0 Å². The molecule has 74 valence electrons. The summed E-state index contributed by atoms with van der Waals surface area (Å²) in [6.45, 7) is 0.293. The summed E-state index contributed by atoms with van der Waals surface area (Å²) in [5, 5.41) is 10.3. The number of benzene rings is 1. The minimum absolute atomic E-state index is 0.0211. The largest absolute Gasteiger partial charge is 0.493 e. The van der Waals surface area contributed by atoms with Gasteiger partial charge in [0, 0.05) is 18.6 Å². The Bertz CT molecular complexity index is 320. The second-order valence-electron chi connectivity index (χ2n) is 2.55. The van der Waals surface area contributed by atoms with Gasteiger partial charge in [-0.2, -0.15) is 0 Å². The maximum atomic E-state index is 10.3. The molecule has 0 spiro atoms. The van der Waals surface area contributed by atoms with Gasteiger partial charge in [-0.15, -0.1) is 0 Å². The minimum atomic E-state index is -0.477. The van der Waals surface area contributed by atoms with Gasteiger partial charge < -0.3 is 9.53 Å². The van der Waals surface area contributed by atoms with Crippen LogP contribution in [0, 0.1) is 10.1 Å². The van der Waals surface area contributed by atoms with Crippen LogP contribution in [0.2, 0.25) is 0 Å². The summed E-state index contributed by atoms with van der Waals surface area (Å²) in [6, 6.07) is 5.72. The Morgan fingerprint density at radius 2 is 2.00 bits per heavy atom. The number of carbonyl (C=O) groups is 1. The lowest BCUT2D eigenvalue weighted by atomic mass is 10.3. The Kier molecular flexibility index (Phi) is 3.60. The third-order valence-electron chi connectivity index (χ3n) is 1.55. The van der Waals surface area contributed by atoms with Gasteiger partial charge >= 0.3 is 0 Å². The molecule has 5 nitrogen and oxygen atoms in total. The molecule has 0 aliphatic heterocycles. The van der Waals surface area contributed by atoms with E-state index < -0.39 is 4.92 Å². The molecule has 0 fully saturated rings. The molecule has 0 saturated carbocycles. The summed E-state index contributed by atoms with van der Waals surface area (Å²) in [6.07, 6.45) is 1.07. The molecule has 0 heterocycles. The van der Waals surface area contributed by atoms with Gasteiger partial charge in [0.1, 0.15) is 12.0 Å². The number of rotatable bonds is 5. The van der Waals surface area contributed by atoms with E-state index in [2.05, 4.69) is 0 Å². The standard InChI is InChI=1S/C9H9NO4/c11-6-1-7-14-9-4-2-8(3-5-9)10(12)13/h2-6H,1,7H2. The molecule has 14 heavy (non-hydrogen) atoms. The molecule has 0 aromatic heterocycles. The lowest BCUT2D eigenvalue weighted by molar-refractivity contribution is -0.384. The summed E-state index contributed by atoms with van der Waals surface area (Å²) in [5.74, 6) is 0.525. The first-order valence-corrected chi connectivity index (χ1v) is 4.05. The number of nitro benzene ring substituents is 1. The fourth-order valence-electron chi connectivity index (χ4n) is 0.889. The van der Waals surface area contributed by atoms with Gasteiger partial charge in [0.15, 0.2) is 0 Å². The Hall–Kier alpha value is -1.91. The van der Waals surface area contributed by atoms with Crippen LogP contribution in [0.4, 0.5) is 5.69 Å². The Morgan fingerprint density at radius 1 is 1.36 bits per heavy atom. The van der Waals surface area contributed by atoms with Gasteiger partial charge in [0.2, 0.25) is 0 Å². The van der Waals surface area contributed by atoms with Crippen LogP contribution >= 0.6 is 0 Å². The molecule has 5 heteroatoms. The number of aldehydes is 1. The van der Waals surface area contributed by atoms with Crippen molar-refractivity contribution in [2.45, 2.75) is 6.42 Å². The van der Waals surface area contributed by atoms with Crippen molar-refractivity contribution in [3.8, 4) is 5.75 Å². The highest BCUT2D eigenvalue weighted by atomic mass is 16.6. The predicted molar refractivity (Wildman–Crippen MR) is 49.3 cm³/mol. The molecule has 0 amide bonds. The van der Waals surface area contributed by atoms with Crippen LogP contribution in [-0.2, 0) is 4.79 Å². The zero-order valence-corrected chi connectivity index (χ0v) is 7.38. The van der Waals surface area contributed by atoms with Gasteiger partial charge in [0.05, 0.1) is 11.5 Å². The summed E-state index contributed by atoms with van der Waals surface area (Å²) in [4.78, 5) is 19.8. The van der Waals surface area contributed by atoms with Crippen LogP contribution in [0.1, 0.15) is 6.42 Å². The Balaban J connectivity index is 2.55. The Labute approximate surface area is 80.5 Å². The molecular weight excluding hydrogens is 186 g/mol. The fourth-order valence-corrected chi connectivity index (χ4v) is 0.889. The summed E-state index contributed by atoms with van der Waals surface area (Å²) < 4.78 is 5.13. The molecule has 0 bridgehead atoms. The van der Waals surface area contributed by atoms with Crippen molar-refractivity contribution in [3.05, 3.63) is 34.4 Å². The lowest BCUT2D eigenvalue weighted by Gasteiger charge is -2.02. The summed E-state index contributed by atoms with van der Waals surface area (Å²) in [5.41, 5.74) is 0.0211. The van der Waals surface area contributed by atoms with Crippen molar-refractivity contribution < 1.29 is 14.5 Å². The van der Waals surface area contributed by atoms with Crippen LogP contribution in [0.3, 0.4) is 0 Å². The molecule has 0 atom stereocenters. The highest BCUT2D eigenvalue weighted by molar-refractivity contribution is 5.49. The lowest BCUT2D eigenvalue weighted by Crippen LogP contribution is -1.97. The van der Waals surface area contributed by atoms with E-state index in [-0.39, 0.29) is 5.69 Å². The van der Waals surface area contributed by atoms with Gasteiger partial charge in [-0.05, 0) is 12.1 Å². The quantitative estimate of drug-likeness (QED) is 0.309. The van der Waals surface area contributed by atoms with Gasteiger partial charge in [-0.25, -0.2) is 0 Å². The molecule has 1 aromatic carbocycles. The third kappa shape index (κ3) is 2.85. The smallest absolute Gasteiger partial charge is 0.269 e. The topological polar surface area (TPSA) is 69.4 Å². The number of nitro groups is 1. The number of ether oxygens (including phenoxy) is 1. The molecule has 0 radical (unpaired) electrons. The molecule has 0 N–H and O–H groups in total. The summed E-state index contributed by atoms with van der Waals surface area (Å²) in [7, 11) is 0. The van der Waals surface area contributed by atoms with E-state index in [4.69, 9.17) is 4.74 Å². The first kappa shape index (κ1) is 10.2. The number of carbonyl (C=O) groups excluding carboxylic acids is 1. The third-order valence-corrected chi connectivity index (χ3v) is 1.55. The molecule has 0 unspecified atom stereocenters. The zero-order chi connectivity index (χ0) is 10.4. The SMILES string of the molecule is O=CCCOc1ccc([N+](=O)[O-])cc1. The average Bonchev–Trinajstić information content (AvgIpc) is 2.19.